The van der Waals surface area contributed by atoms with Crippen molar-refractivity contribution in [2.75, 3.05) is 26.3 Å². The van der Waals surface area contributed by atoms with Gasteiger partial charge in [0.15, 0.2) is 5.96 Å². The molecule has 0 saturated carbocycles. The van der Waals surface area contributed by atoms with Gasteiger partial charge in [-0.2, -0.15) is 0 Å². The number of carbonyl (C=O) groups is 4. The largest absolute Gasteiger partial charge is 0.465 e. The summed E-state index contributed by atoms with van der Waals surface area (Å²) in [6.45, 7) is 10.0. The van der Waals surface area contributed by atoms with E-state index in [9.17, 15) is 19.2 Å². The Morgan fingerprint density at radius 2 is 1.12 bits per heavy atom. The monoisotopic (exact) mass is 682 g/mol. The molecule has 0 bridgehead atoms. The Morgan fingerprint density at radius 1 is 0.604 bits per heavy atom. The summed E-state index contributed by atoms with van der Waals surface area (Å²) >= 11 is 0. The molecule has 0 spiro atoms. The SMILES string of the molecule is CCCCCC(CCC)C(=O)OCCCCCCNC(=O)[C@H](CCN=C(N)N)NC(=O)CCCCCOC(=O)C(CCC)CCCCC. The molecule has 2 unspecified atom stereocenters. The van der Waals surface area contributed by atoms with Crippen molar-refractivity contribution in [1.29, 1.82) is 0 Å². The van der Waals surface area contributed by atoms with Gasteiger partial charge in [0, 0.05) is 19.5 Å². The summed E-state index contributed by atoms with van der Waals surface area (Å²) in [7, 11) is 0. The molecule has 2 amide bonds. The van der Waals surface area contributed by atoms with Crippen molar-refractivity contribution in [3.05, 3.63) is 0 Å². The number of hydrogen-bond donors (Lipinski definition) is 4. The predicted octanol–water partition coefficient (Wildman–Crippen LogP) is 6.45. The summed E-state index contributed by atoms with van der Waals surface area (Å²) in [4.78, 5) is 54.4. The fourth-order valence-corrected chi connectivity index (χ4v) is 5.66. The molecule has 0 aliphatic heterocycles. The van der Waals surface area contributed by atoms with Gasteiger partial charge in [0.1, 0.15) is 6.04 Å². The van der Waals surface area contributed by atoms with Gasteiger partial charge >= 0.3 is 11.9 Å². The number of amides is 2. The van der Waals surface area contributed by atoms with E-state index in [1.807, 2.05) is 0 Å². The van der Waals surface area contributed by atoms with E-state index in [0.29, 0.717) is 32.6 Å². The van der Waals surface area contributed by atoms with Crippen LogP contribution in [-0.4, -0.2) is 62.1 Å². The number of aliphatic imine (C=N–C) groups is 1. The van der Waals surface area contributed by atoms with Gasteiger partial charge in [-0.15, -0.1) is 0 Å². The van der Waals surface area contributed by atoms with Gasteiger partial charge in [-0.25, -0.2) is 0 Å². The van der Waals surface area contributed by atoms with Gasteiger partial charge in [-0.3, -0.25) is 24.2 Å². The summed E-state index contributed by atoms with van der Waals surface area (Å²) in [5, 5.41) is 5.75. The van der Waals surface area contributed by atoms with Gasteiger partial charge in [0.05, 0.1) is 25.0 Å². The van der Waals surface area contributed by atoms with Crippen LogP contribution in [0.15, 0.2) is 4.99 Å². The first-order valence-electron chi connectivity index (χ1n) is 19.2. The normalized spacial score (nSPS) is 12.8. The lowest BCUT2D eigenvalue weighted by atomic mass is 9.97. The van der Waals surface area contributed by atoms with Crippen LogP contribution in [0.4, 0.5) is 0 Å². The molecule has 0 aromatic heterocycles. The lowest BCUT2D eigenvalue weighted by Gasteiger charge is -2.18. The molecule has 0 aliphatic carbocycles. The quantitative estimate of drug-likeness (QED) is 0.0271. The number of hydrogen-bond acceptors (Lipinski definition) is 7. The maximum atomic E-state index is 12.9. The second kappa shape index (κ2) is 31.4. The van der Waals surface area contributed by atoms with Crippen molar-refractivity contribution >= 4 is 29.7 Å². The molecule has 0 heterocycles. The van der Waals surface area contributed by atoms with Crippen LogP contribution in [0, 0.1) is 11.8 Å². The molecule has 0 fully saturated rings. The van der Waals surface area contributed by atoms with Gasteiger partial charge in [0.2, 0.25) is 11.8 Å². The van der Waals surface area contributed by atoms with Gasteiger partial charge in [-0.1, -0.05) is 85.5 Å². The molecule has 0 radical (unpaired) electrons. The first-order chi connectivity index (χ1) is 23.2. The third kappa shape index (κ3) is 25.2. The number of nitrogens with one attached hydrogen (secondary N) is 2. The Kier molecular flexibility index (Phi) is 29.6. The van der Waals surface area contributed by atoms with Crippen LogP contribution in [-0.2, 0) is 28.7 Å². The highest BCUT2D eigenvalue weighted by Crippen LogP contribution is 2.19. The van der Waals surface area contributed by atoms with Crippen LogP contribution in [0.25, 0.3) is 0 Å². The van der Waals surface area contributed by atoms with Gasteiger partial charge in [-0.05, 0) is 70.6 Å². The summed E-state index contributed by atoms with van der Waals surface area (Å²) < 4.78 is 11.1. The predicted molar refractivity (Wildman–Crippen MR) is 194 cm³/mol. The second-order valence-electron chi connectivity index (χ2n) is 13.0. The van der Waals surface area contributed by atoms with Crippen molar-refractivity contribution < 1.29 is 28.7 Å². The number of carbonyl (C=O) groups excluding carboxylic acids is 4. The van der Waals surface area contributed by atoms with Crippen LogP contribution in [0.1, 0.15) is 163 Å². The first-order valence-corrected chi connectivity index (χ1v) is 19.2. The molecular weight excluding hydrogens is 610 g/mol. The molecule has 3 atom stereocenters. The van der Waals surface area contributed by atoms with Crippen molar-refractivity contribution in [3.63, 3.8) is 0 Å². The third-order valence-electron chi connectivity index (χ3n) is 8.52. The van der Waals surface area contributed by atoms with Crippen LogP contribution >= 0.6 is 0 Å². The van der Waals surface area contributed by atoms with Gasteiger partial charge in [0.25, 0.3) is 0 Å². The number of nitrogens with two attached hydrogens (primary N) is 2. The highest BCUT2D eigenvalue weighted by atomic mass is 16.5. The average Bonchev–Trinajstić information content (AvgIpc) is 3.05. The minimum absolute atomic E-state index is 0.0111. The molecule has 0 rings (SSSR count). The number of esters is 2. The van der Waals surface area contributed by atoms with E-state index in [2.05, 4.69) is 43.3 Å². The van der Waals surface area contributed by atoms with Crippen LogP contribution in [0.5, 0.6) is 0 Å². The minimum Gasteiger partial charge on any atom is -0.465 e. The van der Waals surface area contributed by atoms with Crippen LogP contribution in [0.3, 0.4) is 0 Å². The number of nitrogens with zero attached hydrogens (tertiary/aromatic N) is 1. The van der Waals surface area contributed by atoms with E-state index in [0.717, 1.165) is 109 Å². The highest BCUT2D eigenvalue weighted by Gasteiger charge is 2.21. The summed E-state index contributed by atoms with van der Waals surface area (Å²) in [6, 6.07) is -0.738. The summed E-state index contributed by atoms with van der Waals surface area (Å²) in [6.07, 6.45) is 18.2. The standard InChI is InChI=1S/C37H71N5O6/c1-5-9-14-22-30(20-7-3)35(45)47-28-18-12-11-17-26-40-34(44)32(25-27-41-37(38)39)42-33(43)24-16-13-19-29-48-36(46)31(21-8-4)23-15-10-6-2/h30-32H,5-29H2,1-4H3,(H,40,44)(H,42,43)(H4,38,39,41)/t30?,31?,32-/m0/s1. The Hall–Kier alpha value is -2.85. The van der Waals surface area contributed by atoms with E-state index in [-0.39, 0.29) is 60.9 Å². The van der Waals surface area contributed by atoms with Crippen molar-refractivity contribution in [2.24, 2.45) is 28.3 Å². The molecule has 0 aromatic rings. The molecule has 48 heavy (non-hydrogen) atoms. The molecule has 0 aromatic carbocycles. The second-order valence-corrected chi connectivity index (χ2v) is 13.0. The lowest BCUT2D eigenvalue weighted by molar-refractivity contribution is -0.150. The average molecular weight is 682 g/mol. The number of guanidine groups is 1. The summed E-state index contributed by atoms with van der Waals surface area (Å²) in [5.74, 6) is -0.715. The first kappa shape index (κ1) is 45.2. The van der Waals surface area contributed by atoms with Crippen LogP contribution in [0.2, 0.25) is 0 Å². The number of ether oxygens (including phenoxy) is 2. The molecule has 6 N–H and O–H groups in total. The zero-order chi connectivity index (χ0) is 35.8. The zero-order valence-corrected chi connectivity index (χ0v) is 31.0. The Morgan fingerprint density at radius 3 is 1.62 bits per heavy atom. The number of rotatable bonds is 32. The fraction of sp³-hybridized carbons (Fsp3) is 0.865. The van der Waals surface area contributed by atoms with E-state index in [4.69, 9.17) is 20.9 Å². The molecule has 0 aliphatic rings. The van der Waals surface area contributed by atoms with E-state index < -0.39 is 6.04 Å². The Balaban J connectivity index is 4.40. The Bertz CT molecular complexity index is 880. The Labute approximate surface area is 291 Å². The fourth-order valence-electron chi connectivity index (χ4n) is 5.66. The maximum Gasteiger partial charge on any atom is 0.308 e. The van der Waals surface area contributed by atoms with Crippen molar-refractivity contribution in [3.8, 4) is 0 Å². The van der Waals surface area contributed by atoms with E-state index >= 15 is 0 Å². The lowest BCUT2D eigenvalue weighted by Crippen LogP contribution is -2.47. The topological polar surface area (TPSA) is 175 Å². The molecule has 11 heteroatoms. The van der Waals surface area contributed by atoms with Crippen molar-refractivity contribution in [2.45, 2.75) is 169 Å². The molecular formula is C37H71N5O6. The van der Waals surface area contributed by atoms with E-state index in [1.54, 1.807) is 0 Å². The minimum atomic E-state index is -0.738. The maximum absolute atomic E-state index is 12.9. The van der Waals surface area contributed by atoms with Gasteiger partial charge < -0.3 is 31.6 Å². The van der Waals surface area contributed by atoms with Crippen molar-refractivity contribution in [1.82, 2.24) is 10.6 Å². The smallest absolute Gasteiger partial charge is 0.308 e. The number of unbranched alkanes of at least 4 members (excludes halogenated alkanes) is 9. The third-order valence-corrected chi connectivity index (χ3v) is 8.52. The molecule has 0 saturated heterocycles. The molecule has 11 nitrogen and oxygen atoms in total. The summed E-state index contributed by atoms with van der Waals surface area (Å²) in [5.41, 5.74) is 10.9. The highest BCUT2D eigenvalue weighted by molar-refractivity contribution is 5.87. The zero-order valence-electron chi connectivity index (χ0n) is 31.0. The molecule has 280 valence electrons. The van der Waals surface area contributed by atoms with Crippen LogP contribution < -0.4 is 22.1 Å². The van der Waals surface area contributed by atoms with E-state index in [1.165, 1.54) is 0 Å².